The smallest absolute Gasteiger partial charge is 0 e. The molecule has 0 bridgehead atoms. The van der Waals surface area contributed by atoms with Gasteiger partial charge in [0.25, 0.3) is 0 Å². The molecule has 0 saturated heterocycles. The minimum absolute atomic E-state index is 0. The van der Waals surface area contributed by atoms with Crippen molar-refractivity contribution in [2.75, 3.05) is 0 Å². The molecule has 0 aliphatic carbocycles. The van der Waals surface area contributed by atoms with Crippen LogP contribution in [-0.4, -0.2) is 60.6 Å². The molecule has 0 radical (unpaired) electrons. The zero-order valence-electron chi connectivity index (χ0n) is 30.1. The van der Waals surface area contributed by atoms with Crippen LogP contribution < -0.4 is 48.2 Å². The molecule has 51 nitrogen and oxygen atoms in total. The Morgan fingerprint density at radius 1 is 0.254 bits per heavy atom. The molecule has 414 valence electrons. The van der Waals surface area contributed by atoms with E-state index in [0.29, 0.717) is 0 Å². The van der Waals surface area contributed by atoms with Crippen LogP contribution in [0.5, 0.6) is 0 Å². The second-order valence-electron chi connectivity index (χ2n) is 5.09. The van der Waals surface area contributed by atoms with E-state index in [9.17, 15) is 86.0 Å². The zero-order chi connectivity index (χ0) is 39.2. The van der Waals surface area contributed by atoms with Crippen LogP contribution in [0.2, 0.25) is 0 Å². The van der Waals surface area contributed by atoms with Gasteiger partial charge in [0.2, 0.25) is 0 Å². The molecule has 0 aliphatic rings. The van der Waals surface area contributed by atoms with E-state index >= 15 is 0 Å². The summed E-state index contributed by atoms with van der Waals surface area (Å²) in [4.78, 5) is 0. The minimum atomic E-state index is -7.19. The quantitative estimate of drug-likeness (QED) is 0.0693. The van der Waals surface area contributed by atoms with Crippen molar-refractivity contribution in [3.05, 3.63) is 0 Å². The van der Waals surface area contributed by atoms with Gasteiger partial charge in [0.15, 0.2) is 0 Å². The van der Waals surface area contributed by atoms with Crippen LogP contribution in [0.25, 0.3) is 0 Å². The Labute approximate surface area is 398 Å². The molecular formula is H42N6O45W12. The SMILES string of the molecule is O.O.O.O.O.O.[NH4+].[NH4+].[NH4+].[NH4+].[NH4+].[NH4+].[OH-].[OH-].[OH-].[O]=[W](=[O])([O-])[O][W](=[O])(=[O])[O][W](=[O])(=[O])[OH].[O]=[W](=[O])([O-])[O][W](=[O])(=[O])[O][W](=[O])(=[O])[O][W](=[O])(=[O])[OH].[O]=[W](=[O])([O-])[O][W](=[O])(=[O])[O][W](=[O])(=[O])[O][W](=[O])(=[O])[OH].[W]. The van der Waals surface area contributed by atoms with Gasteiger partial charge < -0.3 is 86.2 Å². The standard InChI is InChI=1S/6H3N.12H2O.33O.12W/h6*1H3;12*1H2;;;;;;;;;;;;;;;;;;;;;;;;;;;;;;;;;;;;;;;;;;;;;/q;;;;;;;;;;;;;;;;;;;;;;;;;;;;;;;;;;;;;;;;;;;;;;;;3*-1;;;;;;;;;;3*+1. The van der Waals surface area contributed by atoms with Gasteiger partial charge in [0.1, 0.15) is 0 Å². The Hall–Kier alpha value is 2.70. The number of hydrogen-bond acceptors (Lipinski definition) is 36. The summed E-state index contributed by atoms with van der Waals surface area (Å²) in [6.45, 7) is 0. The summed E-state index contributed by atoms with van der Waals surface area (Å²) >= 11 is -76.7. The van der Waals surface area contributed by atoms with Gasteiger partial charge >= 0.3 is 298 Å². The summed E-state index contributed by atoms with van der Waals surface area (Å²) < 4.78 is 302. The van der Waals surface area contributed by atoms with E-state index in [1.807, 2.05) is 0 Å². The monoisotopic (exact) mass is 3050 g/mol. The fraction of sp³-hybridized carbons (Fsp3) is 0. The summed E-state index contributed by atoms with van der Waals surface area (Å²) in [6, 6.07) is 0. The van der Waals surface area contributed by atoms with E-state index in [4.69, 9.17) is 11.3 Å². The molecule has 0 aromatic heterocycles. The van der Waals surface area contributed by atoms with Crippen LogP contribution in [0, 0.1) is 0 Å². The van der Waals surface area contributed by atoms with Crippen molar-refractivity contribution in [3.63, 3.8) is 0 Å². The Kier molecular flexibility index (Phi) is 89.3. The molecule has 0 saturated carbocycles. The molecular weight excluding hydrogens is 3010 g/mol. The molecule has 0 heterocycles. The maximum Gasteiger partial charge on any atom is 0 e. The van der Waals surface area contributed by atoms with Crippen molar-refractivity contribution in [2.45, 2.75) is 0 Å². The van der Waals surface area contributed by atoms with Crippen LogP contribution in [0.4, 0.5) is 0 Å². The minimum Gasteiger partial charge on any atom is 0 e. The van der Waals surface area contributed by atoms with Gasteiger partial charge in [0.05, 0.1) is 0 Å². The first kappa shape index (κ1) is 126. The third-order valence-corrected chi connectivity index (χ3v) is 89.9. The van der Waals surface area contributed by atoms with Gasteiger partial charge in [-0.05, 0) is 0 Å². The number of rotatable bonds is 16. The van der Waals surface area contributed by atoms with E-state index in [-0.39, 0.29) is 107 Å². The maximum atomic E-state index is 10.6. The van der Waals surface area contributed by atoms with Gasteiger partial charge in [0, 0.05) is 21.1 Å². The largest absolute Gasteiger partial charge is 0 e. The Morgan fingerprint density at radius 3 is 0.444 bits per heavy atom. The van der Waals surface area contributed by atoms with Gasteiger partial charge in [-0.25, -0.2) is 0 Å². The second kappa shape index (κ2) is 44.6. The molecule has 42 N–H and O–H groups in total. The topological polar surface area (TPSA) is 1080 Å². The molecule has 0 spiro atoms. The van der Waals surface area contributed by atoms with Crippen LogP contribution in [0.3, 0.4) is 0 Å². The van der Waals surface area contributed by atoms with Gasteiger partial charge in [-0.3, -0.25) is 0 Å². The van der Waals surface area contributed by atoms with Crippen molar-refractivity contribution in [3.8, 4) is 0 Å². The van der Waals surface area contributed by atoms with E-state index in [1.165, 1.54) is 0 Å². The van der Waals surface area contributed by atoms with Crippen molar-refractivity contribution in [1.29, 1.82) is 0 Å². The predicted molar refractivity (Wildman–Crippen MR) is 93.8 cm³/mol. The van der Waals surface area contributed by atoms with Gasteiger partial charge in [-0.15, -0.1) is 0 Å². The Balaban J connectivity index is -0.0000000242. The van der Waals surface area contributed by atoms with Crippen LogP contribution in [-0.2, 0) is 296 Å². The summed E-state index contributed by atoms with van der Waals surface area (Å²) in [6.07, 6.45) is 0. The third-order valence-electron chi connectivity index (χ3n) is 1.34. The van der Waals surface area contributed by atoms with Gasteiger partial charge in [-0.1, -0.05) is 0 Å². The molecule has 0 aromatic rings. The normalized spacial score (nSPS) is 10.9. The maximum absolute atomic E-state index is 10.6. The summed E-state index contributed by atoms with van der Waals surface area (Å²) in [5.41, 5.74) is 0. The number of quaternary nitrogens is 6. The van der Waals surface area contributed by atoms with E-state index in [1.54, 1.807) is 0 Å². The fourth-order valence-electron chi connectivity index (χ4n) is 0.883. The number of hydrogen-bond donors (Lipinski definition) is 9. The zero-order valence-corrected chi connectivity index (χ0v) is 65.3. The van der Waals surface area contributed by atoms with Crippen LogP contribution >= 0.6 is 0 Å². The molecule has 0 fully saturated rings. The average molecular weight is 3050 g/mol. The summed E-state index contributed by atoms with van der Waals surface area (Å²) in [5, 5.41) is 0. The summed E-state index contributed by atoms with van der Waals surface area (Å²) in [7, 11) is 0. The summed E-state index contributed by atoms with van der Waals surface area (Å²) in [5.74, 6) is 0. The van der Waals surface area contributed by atoms with Crippen molar-refractivity contribution < 1.29 is 368 Å². The first-order chi connectivity index (χ1) is 19.7. The Bertz CT molecular complexity index is 2070. The molecule has 63 heavy (non-hydrogen) atoms. The average Bonchev–Trinajstić information content (AvgIpc) is 2.44. The molecule has 0 atom stereocenters. The Morgan fingerprint density at radius 2 is 0.349 bits per heavy atom. The van der Waals surface area contributed by atoms with Crippen LogP contribution in [0.15, 0.2) is 0 Å². The van der Waals surface area contributed by atoms with Crippen molar-refractivity contribution in [1.82, 2.24) is 36.9 Å². The fourth-order valence-corrected chi connectivity index (χ4v) is 86.5. The molecule has 0 aliphatic heterocycles. The van der Waals surface area contributed by atoms with E-state index in [2.05, 4.69) is 16.3 Å². The molecule has 63 heteroatoms. The predicted octanol–water partition coefficient (Wildman–Crippen LogP) is -11.7. The van der Waals surface area contributed by atoms with Crippen molar-refractivity contribution in [2.24, 2.45) is 0 Å². The second-order valence-corrected chi connectivity index (χ2v) is 73.7. The first-order valence-corrected chi connectivity index (χ1v) is 60.4. The third kappa shape index (κ3) is 99.0. The molecule has 0 aromatic carbocycles. The molecule has 0 unspecified atom stereocenters. The van der Waals surface area contributed by atoms with Crippen LogP contribution in [0.1, 0.15) is 0 Å². The molecule has 0 rings (SSSR count). The van der Waals surface area contributed by atoms with E-state index < -0.39 is 184 Å². The molecule has 0 amide bonds. The van der Waals surface area contributed by atoms with Crippen molar-refractivity contribution >= 4 is 0 Å². The van der Waals surface area contributed by atoms with E-state index in [0.717, 1.165) is 0 Å². The van der Waals surface area contributed by atoms with Gasteiger partial charge in [-0.2, -0.15) is 0 Å². The first-order valence-electron chi connectivity index (χ1n) is 7.38.